The van der Waals surface area contributed by atoms with E-state index in [2.05, 4.69) is 30.4 Å². The smallest absolute Gasteiger partial charge is 0.219 e. The number of amides is 1. The largest absolute Gasteiger partial charge is 0.382 e. The molecule has 2 rings (SSSR count). The predicted molar refractivity (Wildman–Crippen MR) is 83.6 cm³/mol. The lowest BCUT2D eigenvalue weighted by Gasteiger charge is -2.24. The van der Waals surface area contributed by atoms with E-state index in [9.17, 15) is 4.79 Å². The summed E-state index contributed by atoms with van der Waals surface area (Å²) in [5.74, 6) is 0.890. The lowest BCUT2D eigenvalue weighted by Crippen LogP contribution is -2.26. The van der Waals surface area contributed by atoms with Crippen molar-refractivity contribution in [3.63, 3.8) is 0 Å². The summed E-state index contributed by atoms with van der Waals surface area (Å²) in [6, 6.07) is 8.94. The highest BCUT2D eigenvalue weighted by molar-refractivity contribution is 5.73. The van der Waals surface area contributed by atoms with Gasteiger partial charge in [0.25, 0.3) is 0 Å². The molecule has 110 valence electrons. The van der Waals surface area contributed by atoms with Gasteiger partial charge in [-0.25, -0.2) is 0 Å². The first-order chi connectivity index (χ1) is 9.61. The minimum atomic E-state index is 0.104. The monoisotopic (exact) mass is 274 g/mol. The Hall–Kier alpha value is -1.51. The number of anilines is 1. The van der Waals surface area contributed by atoms with Gasteiger partial charge in [-0.3, -0.25) is 4.79 Å². The molecule has 1 N–H and O–H groups in total. The fourth-order valence-electron chi connectivity index (χ4n) is 3.08. The van der Waals surface area contributed by atoms with Gasteiger partial charge >= 0.3 is 0 Å². The molecule has 1 aliphatic carbocycles. The van der Waals surface area contributed by atoms with E-state index in [-0.39, 0.29) is 5.91 Å². The number of hydrogen-bond donors (Lipinski definition) is 1. The second kappa shape index (κ2) is 6.78. The SMILES string of the molecule is CCC1CCCC1Nc1ccccc1CN(C)C(C)=O. The summed E-state index contributed by atoms with van der Waals surface area (Å²) in [4.78, 5) is 13.2. The summed E-state index contributed by atoms with van der Waals surface area (Å²) in [6.45, 7) is 4.56. The molecule has 0 radical (unpaired) electrons. The van der Waals surface area contributed by atoms with Crippen LogP contribution in [0.3, 0.4) is 0 Å². The van der Waals surface area contributed by atoms with Crippen LogP contribution in [0.2, 0.25) is 0 Å². The Morgan fingerprint density at radius 3 is 2.80 bits per heavy atom. The zero-order valence-corrected chi connectivity index (χ0v) is 12.9. The normalized spacial score (nSPS) is 21.8. The molecular weight excluding hydrogens is 248 g/mol. The van der Waals surface area contributed by atoms with E-state index in [0.29, 0.717) is 12.6 Å². The minimum Gasteiger partial charge on any atom is -0.382 e. The molecule has 0 saturated heterocycles. The van der Waals surface area contributed by atoms with Crippen LogP contribution in [0.4, 0.5) is 5.69 Å². The summed E-state index contributed by atoms with van der Waals surface area (Å²) < 4.78 is 0. The van der Waals surface area contributed by atoms with Crippen molar-refractivity contribution in [2.24, 2.45) is 5.92 Å². The number of nitrogens with one attached hydrogen (secondary N) is 1. The second-order valence-corrected chi connectivity index (χ2v) is 5.88. The van der Waals surface area contributed by atoms with Crippen molar-refractivity contribution in [1.82, 2.24) is 4.90 Å². The molecule has 3 nitrogen and oxygen atoms in total. The zero-order chi connectivity index (χ0) is 14.5. The van der Waals surface area contributed by atoms with Crippen molar-refractivity contribution in [2.75, 3.05) is 12.4 Å². The Labute approximate surface area is 122 Å². The van der Waals surface area contributed by atoms with E-state index >= 15 is 0 Å². The van der Waals surface area contributed by atoms with Gasteiger partial charge in [0.1, 0.15) is 0 Å². The Balaban J connectivity index is 2.09. The molecule has 0 spiro atoms. The highest BCUT2D eigenvalue weighted by Gasteiger charge is 2.26. The lowest BCUT2D eigenvalue weighted by molar-refractivity contribution is -0.128. The molecule has 1 aromatic rings. The summed E-state index contributed by atoms with van der Waals surface area (Å²) in [5, 5.41) is 3.72. The summed E-state index contributed by atoms with van der Waals surface area (Å²) in [7, 11) is 1.85. The molecule has 20 heavy (non-hydrogen) atoms. The van der Waals surface area contributed by atoms with Crippen LogP contribution >= 0.6 is 0 Å². The molecule has 2 atom stereocenters. The van der Waals surface area contributed by atoms with Gasteiger partial charge in [0, 0.05) is 32.2 Å². The van der Waals surface area contributed by atoms with Crippen LogP contribution < -0.4 is 5.32 Å². The molecule has 1 aliphatic rings. The number of nitrogens with zero attached hydrogens (tertiary/aromatic N) is 1. The van der Waals surface area contributed by atoms with Crippen LogP contribution in [-0.2, 0) is 11.3 Å². The van der Waals surface area contributed by atoms with Gasteiger partial charge in [0.2, 0.25) is 5.91 Å². The number of benzene rings is 1. The minimum absolute atomic E-state index is 0.104. The maximum atomic E-state index is 11.4. The maximum Gasteiger partial charge on any atom is 0.219 e. The third-order valence-corrected chi connectivity index (χ3v) is 4.49. The van der Waals surface area contributed by atoms with Crippen LogP contribution in [0.1, 0.15) is 45.1 Å². The van der Waals surface area contributed by atoms with Gasteiger partial charge < -0.3 is 10.2 Å². The van der Waals surface area contributed by atoms with Crippen molar-refractivity contribution < 1.29 is 4.79 Å². The van der Waals surface area contributed by atoms with Crippen LogP contribution in [-0.4, -0.2) is 23.9 Å². The molecule has 3 heteroatoms. The Morgan fingerprint density at radius 2 is 2.10 bits per heavy atom. The van der Waals surface area contributed by atoms with Gasteiger partial charge in [0.15, 0.2) is 0 Å². The molecule has 0 bridgehead atoms. The van der Waals surface area contributed by atoms with Gasteiger partial charge in [0.05, 0.1) is 0 Å². The molecule has 0 heterocycles. The van der Waals surface area contributed by atoms with Crippen LogP contribution in [0.5, 0.6) is 0 Å². The standard InChI is InChI=1S/C17H26N2O/c1-4-14-9-7-11-16(14)18-17-10-6-5-8-15(17)12-19(3)13(2)20/h5-6,8,10,14,16,18H,4,7,9,11-12H2,1-3H3. The first-order valence-corrected chi connectivity index (χ1v) is 7.68. The zero-order valence-electron chi connectivity index (χ0n) is 12.9. The molecule has 0 aromatic heterocycles. The molecule has 1 saturated carbocycles. The van der Waals surface area contributed by atoms with Gasteiger partial charge in [-0.2, -0.15) is 0 Å². The second-order valence-electron chi connectivity index (χ2n) is 5.88. The Morgan fingerprint density at radius 1 is 1.35 bits per heavy atom. The lowest BCUT2D eigenvalue weighted by atomic mass is 10.00. The summed E-state index contributed by atoms with van der Waals surface area (Å²) in [6.07, 6.45) is 5.16. The van der Waals surface area contributed by atoms with E-state index < -0.39 is 0 Å². The van der Waals surface area contributed by atoms with E-state index in [1.165, 1.54) is 36.9 Å². The molecule has 1 aromatic carbocycles. The molecule has 2 unspecified atom stereocenters. The Kier molecular flexibility index (Phi) is 5.05. The third kappa shape index (κ3) is 3.53. The van der Waals surface area contributed by atoms with E-state index in [4.69, 9.17) is 0 Å². The van der Waals surface area contributed by atoms with Crippen molar-refractivity contribution in [2.45, 2.75) is 52.1 Å². The molecule has 1 fully saturated rings. The third-order valence-electron chi connectivity index (χ3n) is 4.49. The number of carbonyl (C=O) groups is 1. The number of carbonyl (C=O) groups excluding carboxylic acids is 1. The topological polar surface area (TPSA) is 32.3 Å². The van der Waals surface area contributed by atoms with E-state index in [0.717, 1.165) is 5.92 Å². The van der Waals surface area contributed by atoms with Gasteiger partial charge in [-0.1, -0.05) is 38.0 Å². The van der Waals surface area contributed by atoms with Gasteiger partial charge in [-0.15, -0.1) is 0 Å². The number of hydrogen-bond acceptors (Lipinski definition) is 2. The summed E-state index contributed by atoms with van der Waals surface area (Å²) in [5.41, 5.74) is 2.39. The molecule has 0 aliphatic heterocycles. The van der Waals surface area contributed by atoms with Gasteiger partial charge in [-0.05, 0) is 30.4 Å². The first-order valence-electron chi connectivity index (χ1n) is 7.68. The van der Waals surface area contributed by atoms with E-state index in [1.807, 2.05) is 13.1 Å². The van der Waals surface area contributed by atoms with Crippen molar-refractivity contribution in [3.05, 3.63) is 29.8 Å². The molecular formula is C17H26N2O. The van der Waals surface area contributed by atoms with Crippen molar-refractivity contribution in [3.8, 4) is 0 Å². The first kappa shape index (κ1) is 14.9. The van der Waals surface area contributed by atoms with Crippen molar-refractivity contribution >= 4 is 11.6 Å². The predicted octanol–water partition coefficient (Wildman–Crippen LogP) is 3.66. The Bertz CT molecular complexity index is 458. The summed E-state index contributed by atoms with van der Waals surface area (Å²) >= 11 is 0. The highest BCUT2D eigenvalue weighted by atomic mass is 16.2. The van der Waals surface area contributed by atoms with Crippen molar-refractivity contribution in [1.29, 1.82) is 0 Å². The van der Waals surface area contributed by atoms with Crippen LogP contribution in [0.15, 0.2) is 24.3 Å². The number of para-hydroxylation sites is 1. The average molecular weight is 274 g/mol. The quantitative estimate of drug-likeness (QED) is 0.888. The van der Waals surface area contributed by atoms with Crippen LogP contribution in [0, 0.1) is 5.92 Å². The fourth-order valence-corrected chi connectivity index (χ4v) is 3.08. The molecule has 1 amide bonds. The maximum absolute atomic E-state index is 11.4. The average Bonchev–Trinajstić information content (AvgIpc) is 2.88. The van der Waals surface area contributed by atoms with E-state index in [1.54, 1.807) is 11.8 Å². The highest BCUT2D eigenvalue weighted by Crippen LogP contribution is 2.31. The number of rotatable bonds is 5. The fraction of sp³-hybridized carbons (Fsp3) is 0.588. The van der Waals surface area contributed by atoms with Crippen LogP contribution in [0.25, 0.3) is 0 Å².